The molecule has 3 aromatic rings. The van der Waals surface area contributed by atoms with Crippen LogP contribution in [0.3, 0.4) is 0 Å². The number of methoxy groups -OCH3 is 1. The molecule has 0 saturated heterocycles. The van der Waals surface area contributed by atoms with E-state index in [1.807, 2.05) is 48.7 Å². The van der Waals surface area contributed by atoms with Crippen molar-refractivity contribution in [1.82, 2.24) is 19.2 Å². The van der Waals surface area contributed by atoms with E-state index in [0.29, 0.717) is 17.3 Å². The van der Waals surface area contributed by atoms with Crippen LogP contribution in [0.4, 0.5) is 0 Å². The molecule has 3 heterocycles. The Hall–Kier alpha value is -2.61. The highest BCUT2D eigenvalue weighted by Crippen LogP contribution is 2.22. The van der Waals surface area contributed by atoms with E-state index in [0.717, 1.165) is 48.4 Å². The highest BCUT2D eigenvalue weighted by Gasteiger charge is 2.17. The van der Waals surface area contributed by atoms with Crippen LogP contribution in [0.25, 0.3) is 5.65 Å². The van der Waals surface area contributed by atoms with Crippen molar-refractivity contribution in [1.29, 1.82) is 0 Å². The number of nitrogens with zero attached hydrogens (tertiary/aromatic N) is 4. The summed E-state index contributed by atoms with van der Waals surface area (Å²) in [6.45, 7) is 4.86. The van der Waals surface area contributed by atoms with Crippen LogP contribution < -0.4 is 0 Å². The number of fused-ring (bicyclic) bond motifs is 1. The summed E-state index contributed by atoms with van der Waals surface area (Å²) in [5, 5.41) is 9.00. The summed E-state index contributed by atoms with van der Waals surface area (Å²) in [6, 6.07) is 7.68. The molecule has 0 fully saturated rings. The summed E-state index contributed by atoms with van der Waals surface area (Å²) < 4.78 is 8.73. The normalized spacial score (nSPS) is 11.1. The van der Waals surface area contributed by atoms with Crippen molar-refractivity contribution >= 4 is 29.2 Å². The smallest absolute Gasteiger partial charge is 0.305 e. The van der Waals surface area contributed by atoms with Crippen LogP contribution in [0.15, 0.2) is 35.6 Å². The predicted octanol–water partition coefficient (Wildman–Crippen LogP) is 3.86. The minimum Gasteiger partial charge on any atom is -0.469 e. The molecule has 0 aliphatic carbocycles. The molecule has 0 aliphatic heterocycles. The molecular weight excluding hydrogens is 388 g/mol. The standard InChI is InChI=1S/C21H26N4O3S/c1-15-13-17(16(2)24(15)11-7-4-5-10-20(27)28-3)18(26)14-29-21-23-22-19-9-6-8-12-25(19)21/h6,8-9,12-13H,4-5,7,10-11,14H2,1-3H3. The number of hydrogen-bond donors (Lipinski definition) is 0. The number of carbonyl (C=O) groups excluding carboxylic acids is 2. The van der Waals surface area contributed by atoms with E-state index in [9.17, 15) is 9.59 Å². The number of hydrogen-bond acceptors (Lipinski definition) is 6. The van der Waals surface area contributed by atoms with Gasteiger partial charge >= 0.3 is 5.97 Å². The number of aromatic nitrogens is 4. The second-order valence-corrected chi connectivity index (χ2v) is 7.89. The van der Waals surface area contributed by atoms with E-state index in [-0.39, 0.29) is 11.8 Å². The molecule has 0 unspecified atom stereocenters. The lowest BCUT2D eigenvalue weighted by atomic mass is 10.2. The third-order valence-corrected chi connectivity index (χ3v) is 5.92. The summed E-state index contributed by atoms with van der Waals surface area (Å²) in [6.07, 6.45) is 5.08. The molecule has 0 atom stereocenters. The van der Waals surface area contributed by atoms with Crippen molar-refractivity contribution in [2.45, 2.75) is 51.2 Å². The number of ketones is 1. The molecule has 3 rings (SSSR count). The molecule has 0 spiro atoms. The van der Waals surface area contributed by atoms with Gasteiger partial charge in [0.05, 0.1) is 12.9 Å². The average Bonchev–Trinajstić information content (AvgIpc) is 3.27. The molecule has 3 aromatic heterocycles. The van der Waals surface area contributed by atoms with Crippen molar-refractivity contribution in [2.24, 2.45) is 0 Å². The van der Waals surface area contributed by atoms with E-state index in [4.69, 9.17) is 0 Å². The van der Waals surface area contributed by atoms with Crippen molar-refractivity contribution < 1.29 is 14.3 Å². The molecule has 8 heteroatoms. The molecule has 0 amide bonds. The van der Waals surface area contributed by atoms with Gasteiger partial charge in [0, 0.05) is 36.1 Å². The van der Waals surface area contributed by atoms with E-state index in [1.54, 1.807) is 0 Å². The van der Waals surface area contributed by atoms with E-state index < -0.39 is 0 Å². The molecule has 0 N–H and O–H groups in total. The van der Waals surface area contributed by atoms with Crippen molar-refractivity contribution in [2.75, 3.05) is 12.9 Å². The van der Waals surface area contributed by atoms with E-state index in [1.165, 1.54) is 18.9 Å². The third kappa shape index (κ3) is 5.06. The largest absolute Gasteiger partial charge is 0.469 e. The fourth-order valence-electron chi connectivity index (χ4n) is 3.37. The van der Waals surface area contributed by atoms with Gasteiger partial charge in [0.15, 0.2) is 16.6 Å². The second-order valence-electron chi connectivity index (χ2n) is 6.95. The minimum atomic E-state index is -0.163. The van der Waals surface area contributed by atoms with Crippen LogP contribution in [0.1, 0.15) is 47.4 Å². The first-order valence-electron chi connectivity index (χ1n) is 9.70. The highest BCUT2D eigenvalue weighted by molar-refractivity contribution is 7.99. The lowest BCUT2D eigenvalue weighted by molar-refractivity contribution is -0.140. The van der Waals surface area contributed by atoms with Crippen LogP contribution in [0, 0.1) is 13.8 Å². The number of Topliss-reactive ketones (excluding diaryl/α,β-unsaturated/α-hetero) is 1. The maximum absolute atomic E-state index is 12.8. The van der Waals surface area contributed by atoms with Gasteiger partial charge in [-0.05, 0) is 44.9 Å². The SMILES string of the molecule is COC(=O)CCCCCn1c(C)cc(C(=O)CSc2nnc3ccccn23)c1C. The fraction of sp³-hybridized carbons (Fsp3) is 0.429. The van der Waals surface area contributed by atoms with Crippen molar-refractivity contribution in [3.05, 3.63) is 47.4 Å². The zero-order chi connectivity index (χ0) is 20.8. The van der Waals surface area contributed by atoms with Crippen LogP contribution in [0.2, 0.25) is 0 Å². The Morgan fingerprint density at radius 1 is 1.14 bits per heavy atom. The van der Waals surface area contributed by atoms with Crippen LogP contribution in [0.5, 0.6) is 0 Å². The first-order valence-corrected chi connectivity index (χ1v) is 10.7. The molecule has 0 saturated carbocycles. The molecular formula is C21H26N4O3S. The lowest BCUT2D eigenvalue weighted by Crippen LogP contribution is -2.07. The number of aryl methyl sites for hydroxylation is 1. The number of rotatable bonds is 10. The zero-order valence-electron chi connectivity index (χ0n) is 17.1. The van der Waals surface area contributed by atoms with Gasteiger partial charge in [-0.2, -0.15) is 0 Å². The molecule has 0 bridgehead atoms. The summed E-state index contributed by atoms with van der Waals surface area (Å²) in [5.41, 5.74) is 3.61. The Balaban J connectivity index is 1.57. The average molecular weight is 415 g/mol. The molecule has 29 heavy (non-hydrogen) atoms. The maximum atomic E-state index is 12.8. The van der Waals surface area contributed by atoms with E-state index >= 15 is 0 Å². The predicted molar refractivity (Wildman–Crippen MR) is 112 cm³/mol. The number of esters is 1. The summed E-state index contributed by atoms with van der Waals surface area (Å²) in [7, 11) is 1.41. The van der Waals surface area contributed by atoms with Crippen molar-refractivity contribution in [3.8, 4) is 0 Å². The molecule has 0 aromatic carbocycles. The number of carbonyl (C=O) groups is 2. The molecule has 0 radical (unpaired) electrons. The Kier molecular flexibility index (Phi) is 7.09. The third-order valence-electron chi connectivity index (χ3n) is 4.98. The van der Waals surface area contributed by atoms with Gasteiger partial charge in [-0.1, -0.05) is 24.2 Å². The Morgan fingerprint density at radius 2 is 1.97 bits per heavy atom. The van der Waals surface area contributed by atoms with Gasteiger partial charge in [0.1, 0.15) is 0 Å². The van der Waals surface area contributed by atoms with Gasteiger partial charge in [0.25, 0.3) is 0 Å². The zero-order valence-corrected chi connectivity index (χ0v) is 17.9. The molecule has 154 valence electrons. The Morgan fingerprint density at radius 3 is 2.76 bits per heavy atom. The van der Waals surface area contributed by atoms with Crippen LogP contribution in [-0.4, -0.2) is 43.8 Å². The number of thioether (sulfide) groups is 1. The monoisotopic (exact) mass is 414 g/mol. The first kappa shape index (κ1) is 21.1. The molecule has 0 aliphatic rings. The van der Waals surface area contributed by atoms with Crippen LogP contribution >= 0.6 is 11.8 Å². The lowest BCUT2D eigenvalue weighted by Gasteiger charge is -2.09. The first-order chi connectivity index (χ1) is 14.0. The topological polar surface area (TPSA) is 78.5 Å². The second kappa shape index (κ2) is 9.73. The minimum absolute atomic E-state index is 0.0905. The van der Waals surface area contributed by atoms with Gasteiger partial charge < -0.3 is 9.30 Å². The van der Waals surface area contributed by atoms with E-state index in [2.05, 4.69) is 19.5 Å². The number of pyridine rings is 1. The highest BCUT2D eigenvalue weighted by atomic mass is 32.2. The van der Waals surface area contributed by atoms with Crippen molar-refractivity contribution in [3.63, 3.8) is 0 Å². The van der Waals surface area contributed by atoms with Gasteiger partial charge in [-0.15, -0.1) is 10.2 Å². The van der Waals surface area contributed by atoms with Gasteiger partial charge in [-0.25, -0.2) is 0 Å². The summed E-state index contributed by atoms with van der Waals surface area (Å²) in [4.78, 5) is 24.0. The van der Waals surface area contributed by atoms with Gasteiger partial charge in [-0.3, -0.25) is 14.0 Å². The van der Waals surface area contributed by atoms with Crippen LogP contribution in [-0.2, 0) is 16.1 Å². The van der Waals surface area contributed by atoms with Gasteiger partial charge in [0.2, 0.25) is 0 Å². The number of ether oxygens (including phenoxy) is 1. The maximum Gasteiger partial charge on any atom is 0.305 e. The Labute approximate surface area is 174 Å². The summed E-state index contributed by atoms with van der Waals surface area (Å²) >= 11 is 1.40. The molecule has 7 nitrogen and oxygen atoms in total. The number of unbranched alkanes of at least 4 members (excludes halogenated alkanes) is 2. The quantitative estimate of drug-likeness (QED) is 0.217. The summed E-state index contributed by atoms with van der Waals surface area (Å²) in [5.74, 6) is 0.246. The Bertz CT molecular complexity index is 1010. The fourth-order valence-corrected chi connectivity index (χ4v) is 4.18.